The van der Waals surface area contributed by atoms with Crippen molar-refractivity contribution in [3.8, 4) is 5.75 Å². The third kappa shape index (κ3) is 2.87. The summed E-state index contributed by atoms with van der Waals surface area (Å²) in [4.78, 5) is 3.91. The molecule has 0 bridgehead atoms. The molecule has 3 N–H and O–H groups in total. The molecule has 0 aliphatic carbocycles. The Morgan fingerprint density at radius 1 is 1.69 bits per heavy atom. The average Bonchev–Trinajstić information content (AvgIpc) is 2.09. The highest BCUT2D eigenvalue weighted by atomic mass is 32.1. The van der Waals surface area contributed by atoms with Crippen molar-refractivity contribution < 1.29 is 5.11 Å². The lowest BCUT2D eigenvalue weighted by atomic mass is 10.4. The van der Waals surface area contributed by atoms with Crippen LogP contribution in [0.1, 0.15) is 6.92 Å². The van der Waals surface area contributed by atoms with E-state index in [1.165, 1.54) is 0 Å². The van der Waals surface area contributed by atoms with E-state index in [0.717, 1.165) is 6.54 Å². The first-order valence-electron chi connectivity index (χ1n) is 3.93. The maximum Gasteiger partial charge on any atom is 0.174 e. The van der Waals surface area contributed by atoms with E-state index in [1.807, 2.05) is 6.92 Å². The van der Waals surface area contributed by atoms with Crippen LogP contribution in [0, 0.1) is 0 Å². The monoisotopic (exact) mass is 197 g/mol. The molecule has 0 aromatic carbocycles. The Kier molecular flexibility index (Phi) is 3.45. The van der Waals surface area contributed by atoms with Gasteiger partial charge in [-0.15, -0.1) is 0 Å². The van der Waals surface area contributed by atoms with Crippen LogP contribution in [0.25, 0.3) is 0 Å². The van der Waals surface area contributed by atoms with E-state index >= 15 is 0 Å². The molecule has 0 unspecified atom stereocenters. The second-order valence-electron chi connectivity index (χ2n) is 2.36. The molecule has 70 valence electrons. The van der Waals surface area contributed by atoms with Gasteiger partial charge in [0.15, 0.2) is 16.7 Å². The van der Waals surface area contributed by atoms with Crippen LogP contribution in [0.5, 0.6) is 5.75 Å². The number of hydrogen-bond donors (Lipinski definition) is 3. The topological polar surface area (TPSA) is 57.2 Å². The van der Waals surface area contributed by atoms with Crippen LogP contribution in [0.2, 0.25) is 0 Å². The van der Waals surface area contributed by atoms with Crippen LogP contribution in [0.15, 0.2) is 18.3 Å². The molecule has 1 aromatic rings. The van der Waals surface area contributed by atoms with Crippen molar-refractivity contribution in [2.24, 2.45) is 0 Å². The van der Waals surface area contributed by atoms with Crippen LogP contribution < -0.4 is 10.6 Å². The molecule has 4 nitrogen and oxygen atoms in total. The van der Waals surface area contributed by atoms with Gasteiger partial charge in [-0.2, -0.15) is 0 Å². The molecule has 0 saturated carbocycles. The first kappa shape index (κ1) is 9.73. The van der Waals surface area contributed by atoms with E-state index in [9.17, 15) is 5.11 Å². The molecule has 0 amide bonds. The van der Waals surface area contributed by atoms with Crippen molar-refractivity contribution in [1.82, 2.24) is 10.3 Å². The van der Waals surface area contributed by atoms with Crippen molar-refractivity contribution in [3.63, 3.8) is 0 Å². The highest BCUT2D eigenvalue weighted by Gasteiger charge is 2.01. The van der Waals surface area contributed by atoms with Gasteiger partial charge in [-0.25, -0.2) is 4.98 Å². The van der Waals surface area contributed by atoms with E-state index in [2.05, 4.69) is 15.6 Å². The van der Waals surface area contributed by atoms with Gasteiger partial charge in [-0.05, 0) is 31.3 Å². The maximum absolute atomic E-state index is 9.32. The summed E-state index contributed by atoms with van der Waals surface area (Å²) in [6.07, 6.45) is 1.58. The van der Waals surface area contributed by atoms with Crippen LogP contribution >= 0.6 is 12.2 Å². The summed E-state index contributed by atoms with van der Waals surface area (Å²) < 4.78 is 0. The molecule has 0 aliphatic rings. The van der Waals surface area contributed by atoms with E-state index in [-0.39, 0.29) is 5.75 Å². The summed E-state index contributed by atoms with van der Waals surface area (Å²) in [5.74, 6) is 0.455. The van der Waals surface area contributed by atoms with Crippen molar-refractivity contribution in [2.75, 3.05) is 11.9 Å². The number of hydrogen-bond acceptors (Lipinski definition) is 3. The number of aromatic nitrogens is 1. The first-order valence-corrected chi connectivity index (χ1v) is 4.33. The Hall–Kier alpha value is -1.36. The van der Waals surface area contributed by atoms with Gasteiger partial charge in [0.2, 0.25) is 0 Å². The summed E-state index contributed by atoms with van der Waals surface area (Å²) in [6, 6.07) is 3.20. The number of nitrogens with zero attached hydrogens (tertiary/aromatic N) is 1. The number of nitrogens with one attached hydrogen (secondary N) is 2. The minimum Gasteiger partial charge on any atom is -0.504 e. The van der Waals surface area contributed by atoms with Gasteiger partial charge >= 0.3 is 0 Å². The number of thiocarbonyl (C=S) groups is 1. The van der Waals surface area contributed by atoms with Crippen molar-refractivity contribution in [1.29, 1.82) is 0 Å². The smallest absolute Gasteiger partial charge is 0.174 e. The van der Waals surface area contributed by atoms with Crippen LogP contribution in [-0.2, 0) is 0 Å². The Morgan fingerprint density at radius 3 is 3.08 bits per heavy atom. The number of pyridine rings is 1. The molecular formula is C8H11N3OS. The second-order valence-corrected chi connectivity index (χ2v) is 2.76. The van der Waals surface area contributed by atoms with Crippen molar-refractivity contribution in [2.45, 2.75) is 6.92 Å². The summed E-state index contributed by atoms with van der Waals surface area (Å²) in [5, 5.41) is 15.4. The molecule has 0 radical (unpaired) electrons. The molecule has 0 spiro atoms. The normalized spacial score (nSPS) is 9.31. The highest BCUT2D eigenvalue weighted by molar-refractivity contribution is 7.80. The van der Waals surface area contributed by atoms with E-state index in [1.54, 1.807) is 18.3 Å². The second kappa shape index (κ2) is 4.61. The van der Waals surface area contributed by atoms with Gasteiger partial charge in [0.25, 0.3) is 0 Å². The zero-order valence-corrected chi connectivity index (χ0v) is 8.06. The van der Waals surface area contributed by atoms with Gasteiger partial charge < -0.3 is 15.7 Å². The molecule has 1 heterocycles. The lowest BCUT2D eigenvalue weighted by Crippen LogP contribution is -2.28. The minimum absolute atomic E-state index is 0.0859. The predicted molar refractivity (Wildman–Crippen MR) is 55.8 cm³/mol. The number of anilines is 1. The Balaban J connectivity index is 2.63. The fraction of sp³-hybridized carbons (Fsp3) is 0.250. The lowest BCUT2D eigenvalue weighted by Gasteiger charge is -2.08. The van der Waals surface area contributed by atoms with Gasteiger partial charge in [0.05, 0.1) is 0 Å². The Bertz CT molecular complexity index is 303. The van der Waals surface area contributed by atoms with Crippen LogP contribution in [-0.4, -0.2) is 21.7 Å². The third-order valence-corrected chi connectivity index (χ3v) is 1.60. The van der Waals surface area contributed by atoms with E-state index in [4.69, 9.17) is 12.2 Å². The number of aromatic hydroxyl groups is 1. The largest absolute Gasteiger partial charge is 0.504 e. The summed E-state index contributed by atoms with van der Waals surface area (Å²) >= 11 is 4.92. The van der Waals surface area contributed by atoms with Crippen molar-refractivity contribution in [3.05, 3.63) is 18.3 Å². The van der Waals surface area contributed by atoms with Crippen molar-refractivity contribution >= 4 is 23.1 Å². The summed E-state index contributed by atoms with van der Waals surface area (Å²) in [7, 11) is 0. The molecular weight excluding hydrogens is 186 g/mol. The first-order chi connectivity index (χ1) is 6.24. The van der Waals surface area contributed by atoms with Gasteiger partial charge in [0.1, 0.15) is 0 Å². The molecule has 13 heavy (non-hydrogen) atoms. The Morgan fingerprint density at radius 2 is 2.46 bits per heavy atom. The molecule has 0 atom stereocenters. The minimum atomic E-state index is 0.0859. The fourth-order valence-corrected chi connectivity index (χ4v) is 1.05. The predicted octanol–water partition coefficient (Wildman–Crippen LogP) is 1.09. The van der Waals surface area contributed by atoms with Crippen LogP contribution in [0.4, 0.5) is 5.82 Å². The Labute approximate surface area is 82.0 Å². The lowest BCUT2D eigenvalue weighted by molar-refractivity contribution is 0.475. The van der Waals surface area contributed by atoms with Gasteiger partial charge in [-0.1, -0.05) is 0 Å². The molecule has 5 heteroatoms. The quantitative estimate of drug-likeness (QED) is 0.620. The molecule has 0 fully saturated rings. The zero-order valence-electron chi connectivity index (χ0n) is 7.24. The van der Waals surface area contributed by atoms with Gasteiger partial charge in [0, 0.05) is 12.7 Å². The standard InChI is InChI=1S/C8H11N3OS/c1-2-9-8(13)11-7-6(12)4-3-5-10-7/h3-5,12H,2H2,1H3,(H2,9,10,11,13). The summed E-state index contributed by atoms with van der Waals surface area (Å²) in [5.41, 5.74) is 0. The summed E-state index contributed by atoms with van der Waals surface area (Å²) in [6.45, 7) is 2.67. The fourth-order valence-electron chi connectivity index (χ4n) is 0.805. The van der Waals surface area contributed by atoms with Crippen LogP contribution in [0.3, 0.4) is 0 Å². The maximum atomic E-state index is 9.32. The SMILES string of the molecule is CCNC(=S)Nc1ncccc1O. The van der Waals surface area contributed by atoms with E-state index < -0.39 is 0 Å². The molecule has 0 saturated heterocycles. The molecule has 1 aromatic heterocycles. The molecule has 0 aliphatic heterocycles. The highest BCUT2D eigenvalue weighted by Crippen LogP contribution is 2.17. The molecule has 1 rings (SSSR count). The third-order valence-electron chi connectivity index (χ3n) is 1.36. The average molecular weight is 197 g/mol. The van der Waals surface area contributed by atoms with E-state index in [0.29, 0.717) is 10.9 Å². The van der Waals surface area contributed by atoms with Gasteiger partial charge in [-0.3, -0.25) is 0 Å². The zero-order chi connectivity index (χ0) is 9.68. The number of rotatable bonds is 2.